The van der Waals surface area contributed by atoms with Crippen LogP contribution >= 0.6 is 67.2 Å². The maximum absolute atomic E-state index is 12.0. The lowest BCUT2D eigenvalue weighted by atomic mass is 10.2. The van der Waals surface area contributed by atoms with E-state index in [0.29, 0.717) is 10.0 Å². The van der Waals surface area contributed by atoms with Gasteiger partial charge in [0.15, 0.2) is 5.76 Å². The normalized spacial score (nSPS) is 12.6. The van der Waals surface area contributed by atoms with Crippen molar-refractivity contribution >= 4 is 73.0 Å². The van der Waals surface area contributed by atoms with Crippen LogP contribution < -0.4 is 0 Å². The molecule has 0 atom stereocenters. The highest BCUT2D eigenvalue weighted by Gasteiger charge is 2.27. The fourth-order valence-electron chi connectivity index (χ4n) is 1.11. The molecule has 0 amide bonds. The van der Waals surface area contributed by atoms with E-state index in [1.54, 1.807) is 12.1 Å². The van der Waals surface area contributed by atoms with Crippen LogP contribution in [0.3, 0.4) is 0 Å². The SMILES string of the molecule is COP(=O)(OC)O/C(=C/Cl)c1cc(Br)c(Br)cc1Br. The van der Waals surface area contributed by atoms with E-state index >= 15 is 0 Å². The van der Waals surface area contributed by atoms with Gasteiger partial charge in [0.2, 0.25) is 0 Å². The molecule has 0 unspecified atom stereocenters. The second-order valence-electron chi connectivity index (χ2n) is 3.12. The molecule has 0 saturated heterocycles. The molecule has 0 N–H and O–H groups in total. The van der Waals surface area contributed by atoms with E-state index in [2.05, 4.69) is 47.8 Å². The van der Waals surface area contributed by atoms with Crippen LogP contribution in [0.1, 0.15) is 5.56 Å². The largest absolute Gasteiger partial charge is 0.529 e. The molecule has 0 radical (unpaired) electrons. The Morgan fingerprint density at radius 3 is 2.16 bits per heavy atom. The van der Waals surface area contributed by atoms with Crippen LogP contribution in [0.4, 0.5) is 0 Å². The Bertz CT molecular complexity index is 542. The van der Waals surface area contributed by atoms with Crippen LogP contribution in [0.15, 0.2) is 31.1 Å². The molecule has 4 nitrogen and oxygen atoms in total. The van der Waals surface area contributed by atoms with Gasteiger partial charge in [0.1, 0.15) is 0 Å². The zero-order valence-corrected chi connectivity index (χ0v) is 16.2. The zero-order valence-electron chi connectivity index (χ0n) is 9.82. The third kappa shape index (κ3) is 4.56. The molecule has 0 aliphatic carbocycles. The summed E-state index contributed by atoms with van der Waals surface area (Å²) in [5.41, 5.74) is 1.75. The summed E-state index contributed by atoms with van der Waals surface area (Å²) in [5, 5.41) is 0. The van der Waals surface area contributed by atoms with E-state index in [1.807, 2.05) is 0 Å². The monoisotopic (exact) mass is 496 g/mol. The van der Waals surface area contributed by atoms with Crippen molar-refractivity contribution < 1.29 is 18.1 Å². The van der Waals surface area contributed by atoms with Crippen LogP contribution in [0.2, 0.25) is 0 Å². The standard InChI is InChI=1S/C10H9Br3ClO4P/c1-16-19(15,17-2)18-10(5-14)6-3-8(12)9(13)4-7(6)11/h3-5H,1-2H3/b10-5+. The summed E-state index contributed by atoms with van der Waals surface area (Å²) >= 11 is 15.8. The van der Waals surface area contributed by atoms with Gasteiger partial charge in [-0.05, 0) is 59.9 Å². The first-order chi connectivity index (χ1) is 8.86. The lowest BCUT2D eigenvalue weighted by Gasteiger charge is -2.17. The van der Waals surface area contributed by atoms with Gasteiger partial charge in [0.25, 0.3) is 0 Å². The van der Waals surface area contributed by atoms with E-state index < -0.39 is 7.82 Å². The minimum atomic E-state index is -3.67. The first-order valence-electron chi connectivity index (χ1n) is 4.73. The van der Waals surface area contributed by atoms with E-state index in [9.17, 15) is 4.57 Å². The molecule has 1 aromatic rings. The van der Waals surface area contributed by atoms with Gasteiger partial charge in [0, 0.05) is 38.7 Å². The molecule has 0 aromatic heterocycles. The highest BCUT2D eigenvalue weighted by Crippen LogP contribution is 2.52. The Hall–Kier alpha value is 0.640. The molecule has 0 aliphatic rings. The Kier molecular flexibility index (Phi) is 7.07. The van der Waals surface area contributed by atoms with Crippen molar-refractivity contribution in [1.29, 1.82) is 0 Å². The first-order valence-corrected chi connectivity index (χ1v) is 9.01. The van der Waals surface area contributed by atoms with Crippen molar-refractivity contribution in [3.05, 3.63) is 36.6 Å². The molecular formula is C10H9Br3ClO4P. The van der Waals surface area contributed by atoms with E-state index in [0.717, 1.165) is 14.5 Å². The second kappa shape index (κ2) is 7.59. The predicted molar refractivity (Wildman–Crippen MR) is 86.1 cm³/mol. The minimum Gasteiger partial charge on any atom is -0.402 e. The van der Waals surface area contributed by atoms with Gasteiger partial charge in [-0.2, -0.15) is 0 Å². The summed E-state index contributed by atoms with van der Waals surface area (Å²) < 4.78 is 28.9. The third-order valence-corrected chi connectivity index (χ3v) is 6.05. The zero-order chi connectivity index (χ0) is 14.6. The van der Waals surface area contributed by atoms with Crippen molar-refractivity contribution in [2.75, 3.05) is 14.2 Å². The fraction of sp³-hybridized carbons (Fsp3) is 0.200. The maximum Gasteiger partial charge on any atom is 0.529 e. The molecule has 0 spiro atoms. The summed E-state index contributed by atoms with van der Waals surface area (Å²) in [6.07, 6.45) is 0. The number of rotatable bonds is 5. The number of halogens is 4. The fourth-order valence-corrected chi connectivity index (χ4v) is 3.56. The van der Waals surface area contributed by atoms with Crippen molar-refractivity contribution in [3.8, 4) is 0 Å². The Balaban J connectivity index is 3.20. The molecule has 0 bridgehead atoms. The lowest BCUT2D eigenvalue weighted by Crippen LogP contribution is -1.96. The summed E-state index contributed by atoms with van der Waals surface area (Å²) in [6.45, 7) is 0. The van der Waals surface area contributed by atoms with Gasteiger partial charge in [-0.1, -0.05) is 11.6 Å². The molecule has 19 heavy (non-hydrogen) atoms. The van der Waals surface area contributed by atoms with Crippen LogP contribution in [-0.4, -0.2) is 14.2 Å². The quantitative estimate of drug-likeness (QED) is 0.286. The van der Waals surface area contributed by atoms with Crippen LogP contribution in [-0.2, 0) is 18.1 Å². The summed E-state index contributed by atoms with van der Waals surface area (Å²) in [4.78, 5) is 0. The molecule has 9 heteroatoms. The van der Waals surface area contributed by atoms with Crippen molar-refractivity contribution in [2.24, 2.45) is 0 Å². The average molecular weight is 499 g/mol. The smallest absolute Gasteiger partial charge is 0.402 e. The third-order valence-electron chi connectivity index (χ3n) is 2.03. The molecule has 0 saturated carbocycles. The van der Waals surface area contributed by atoms with Gasteiger partial charge < -0.3 is 4.52 Å². The highest BCUT2D eigenvalue weighted by atomic mass is 79.9. The first kappa shape index (κ1) is 17.7. The van der Waals surface area contributed by atoms with Gasteiger partial charge in [0.05, 0.1) is 0 Å². The van der Waals surface area contributed by atoms with E-state index in [4.69, 9.17) is 25.2 Å². The molecule has 0 heterocycles. The molecular weight excluding hydrogens is 490 g/mol. The number of phosphoric acid groups is 1. The number of hydrogen-bond acceptors (Lipinski definition) is 4. The van der Waals surface area contributed by atoms with Crippen molar-refractivity contribution in [1.82, 2.24) is 0 Å². The maximum atomic E-state index is 12.0. The molecule has 1 rings (SSSR count). The number of benzene rings is 1. The topological polar surface area (TPSA) is 44.8 Å². The highest BCUT2D eigenvalue weighted by molar-refractivity contribution is 9.13. The van der Waals surface area contributed by atoms with Gasteiger partial charge >= 0.3 is 7.82 Å². The lowest BCUT2D eigenvalue weighted by molar-refractivity contribution is 0.201. The van der Waals surface area contributed by atoms with Crippen molar-refractivity contribution in [3.63, 3.8) is 0 Å². The average Bonchev–Trinajstić information content (AvgIpc) is 2.40. The van der Waals surface area contributed by atoms with E-state index in [1.165, 1.54) is 14.2 Å². The Labute approximate surface area is 141 Å². The predicted octanol–water partition coefficient (Wildman–Crippen LogP) is 5.93. The molecule has 1 aromatic carbocycles. The summed E-state index contributed by atoms with van der Waals surface area (Å²) in [6, 6.07) is 3.55. The van der Waals surface area contributed by atoms with Crippen LogP contribution in [0.5, 0.6) is 0 Å². The summed E-state index contributed by atoms with van der Waals surface area (Å²) in [7, 11) is -1.22. The minimum absolute atomic E-state index is 0.161. The van der Waals surface area contributed by atoms with Crippen LogP contribution in [0.25, 0.3) is 5.76 Å². The molecule has 0 fully saturated rings. The summed E-state index contributed by atoms with van der Waals surface area (Å²) in [5.74, 6) is 0.161. The van der Waals surface area contributed by atoms with Gasteiger partial charge in [-0.3, -0.25) is 9.05 Å². The molecule has 0 aliphatic heterocycles. The van der Waals surface area contributed by atoms with Crippen LogP contribution in [0, 0.1) is 0 Å². The van der Waals surface area contributed by atoms with Gasteiger partial charge in [-0.15, -0.1) is 0 Å². The second-order valence-corrected chi connectivity index (χ2v) is 7.71. The van der Waals surface area contributed by atoms with E-state index in [-0.39, 0.29) is 5.76 Å². The van der Waals surface area contributed by atoms with Gasteiger partial charge in [-0.25, -0.2) is 4.57 Å². The Morgan fingerprint density at radius 2 is 1.68 bits per heavy atom. The number of phosphoric ester groups is 1. The molecule has 106 valence electrons. The number of hydrogen-bond donors (Lipinski definition) is 0. The Morgan fingerprint density at radius 1 is 1.16 bits per heavy atom. The van der Waals surface area contributed by atoms with Crippen molar-refractivity contribution in [2.45, 2.75) is 0 Å².